The molecule has 1 aromatic heterocycles. The maximum atomic E-state index is 13.2. The largest absolute Gasteiger partial charge is 0.356 e. The van der Waals surface area contributed by atoms with E-state index in [0.717, 1.165) is 17.7 Å². The summed E-state index contributed by atoms with van der Waals surface area (Å²) in [6.45, 7) is 2.42. The van der Waals surface area contributed by atoms with Crippen LogP contribution in [-0.2, 0) is 10.3 Å². The Balaban J connectivity index is 1.48. The number of ketones is 1. The molecule has 2 aliphatic heterocycles. The number of rotatable bonds is 5. The fraction of sp³-hybridized carbons (Fsp3) is 0.333. The summed E-state index contributed by atoms with van der Waals surface area (Å²) in [5.74, 6) is -1.71. The third-order valence-corrected chi connectivity index (χ3v) is 5.63. The van der Waals surface area contributed by atoms with Gasteiger partial charge in [-0.15, -0.1) is 0 Å². The van der Waals surface area contributed by atoms with Gasteiger partial charge in [0.15, 0.2) is 5.78 Å². The van der Waals surface area contributed by atoms with E-state index in [1.807, 2.05) is 0 Å². The van der Waals surface area contributed by atoms with Crippen molar-refractivity contribution in [3.8, 4) is 0 Å². The zero-order valence-electron chi connectivity index (χ0n) is 16.4. The van der Waals surface area contributed by atoms with Crippen molar-refractivity contribution in [1.82, 2.24) is 20.1 Å². The Labute approximate surface area is 172 Å². The normalized spacial score (nSPS) is 21.3. The molecule has 1 atom stereocenters. The van der Waals surface area contributed by atoms with Gasteiger partial charge < -0.3 is 15.2 Å². The van der Waals surface area contributed by atoms with Crippen LogP contribution in [0.25, 0.3) is 0 Å². The molecule has 0 radical (unpaired) electrons. The van der Waals surface area contributed by atoms with Crippen LogP contribution in [0.2, 0.25) is 0 Å². The number of aromatic nitrogens is 1. The molecule has 0 saturated carbocycles. The number of urea groups is 1. The summed E-state index contributed by atoms with van der Waals surface area (Å²) in [6, 6.07) is 5.98. The topological polar surface area (TPSA) is 103 Å². The van der Waals surface area contributed by atoms with Gasteiger partial charge in [0, 0.05) is 24.8 Å². The third kappa shape index (κ3) is 3.36. The Hall–Kier alpha value is -3.49. The Morgan fingerprint density at radius 3 is 2.47 bits per heavy atom. The van der Waals surface area contributed by atoms with Gasteiger partial charge in [-0.1, -0.05) is 12.1 Å². The second-order valence-electron chi connectivity index (χ2n) is 7.68. The van der Waals surface area contributed by atoms with Crippen molar-refractivity contribution in [2.45, 2.75) is 25.3 Å². The van der Waals surface area contributed by atoms with Crippen molar-refractivity contribution in [3.63, 3.8) is 0 Å². The van der Waals surface area contributed by atoms with Gasteiger partial charge in [0.2, 0.25) is 0 Å². The first kappa shape index (κ1) is 19.8. The molecule has 0 aliphatic carbocycles. The second-order valence-corrected chi connectivity index (χ2v) is 7.68. The molecule has 156 valence electrons. The number of Topliss-reactive ketones (excluding diaryl/α,β-unsaturated/α-hetero) is 1. The van der Waals surface area contributed by atoms with Crippen molar-refractivity contribution < 1.29 is 23.6 Å². The zero-order chi connectivity index (χ0) is 21.5. The number of hydrogen-bond donors (Lipinski definition) is 2. The van der Waals surface area contributed by atoms with Crippen LogP contribution in [0.5, 0.6) is 0 Å². The quantitative estimate of drug-likeness (QED) is 0.579. The van der Waals surface area contributed by atoms with Crippen molar-refractivity contribution in [2.75, 3.05) is 19.6 Å². The van der Waals surface area contributed by atoms with Gasteiger partial charge in [0.25, 0.3) is 11.8 Å². The lowest BCUT2D eigenvalue weighted by Gasteiger charge is -2.22. The molecule has 2 fully saturated rings. The number of carbonyl (C=O) groups excluding carboxylic acids is 4. The summed E-state index contributed by atoms with van der Waals surface area (Å²) in [7, 11) is 0. The van der Waals surface area contributed by atoms with Gasteiger partial charge in [0.05, 0.1) is 6.54 Å². The second kappa shape index (κ2) is 7.40. The van der Waals surface area contributed by atoms with E-state index in [1.54, 1.807) is 4.90 Å². The van der Waals surface area contributed by atoms with E-state index in [9.17, 15) is 23.6 Å². The van der Waals surface area contributed by atoms with Crippen LogP contribution in [0.4, 0.5) is 9.18 Å². The monoisotopic (exact) mass is 412 g/mol. The number of H-pyrrole nitrogens is 1. The fourth-order valence-electron chi connectivity index (χ4n) is 3.82. The van der Waals surface area contributed by atoms with Crippen LogP contribution < -0.4 is 5.32 Å². The number of nitrogens with zero attached hydrogens (tertiary/aromatic N) is 2. The van der Waals surface area contributed by atoms with E-state index >= 15 is 0 Å². The smallest absolute Gasteiger partial charge is 0.325 e. The maximum Gasteiger partial charge on any atom is 0.325 e. The summed E-state index contributed by atoms with van der Waals surface area (Å²) in [4.78, 5) is 55.8. The minimum Gasteiger partial charge on any atom is -0.356 e. The van der Waals surface area contributed by atoms with Gasteiger partial charge in [-0.2, -0.15) is 0 Å². The number of likely N-dealkylation sites (tertiary alicyclic amines) is 1. The van der Waals surface area contributed by atoms with E-state index in [1.165, 1.54) is 43.5 Å². The van der Waals surface area contributed by atoms with Gasteiger partial charge in [-0.05, 0) is 43.5 Å². The van der Waals surface area contributed by atoms with Gasteiger partial charge in [-0.3, -0.25) is 19.3 Å². The Morgan fingerprint density at radius 1 is 1.13 bits per heavy atom. The van der Waals surface area contributed by atoms with E-state index in [-0.39, 0.29) is 11.5 Å². The SMILES string of the molecule is CC1(c2ccc(F)cc2)NC(=O)N(CC(=O)c2c[nH]c(C(=O)N3CCCC3)c2)C1=O. The molecule has 9 heteroatoms. The number of hydrogen-bond acceptors (Lipinski definition) is 4. The number of carbonyl (C=O) groups is 4. The number of nitrogens with one attached hydrogen (secondary N) is 2. The van der Waals surface area contributed by atoms with E-state index in [0.29, 0.717) is 24.3 Å². The minimum absolute atomic E-state index is 0.176. The van der Waals surface area contributed by atoms with Gasteiger partial charge in [-0.25, -0.2) is 9.18 Å². The van der Waals surface area contributed by atoms with Crippen molar-refractivity contribution >= 4 is 23.6 Å². The zero-order valence-corrected chi connectivity index (χ0v) is 16.4. The molecule has 1 unspecified atom stereocenters. The van der Waals surface area contributed by atoms with Gasteiger partial charge in [0.1, 0.15) is 17.1 Å². The average Bonchev–Trinajstić information content (AvgIpc) is 3.46. The first-order valence-corrected chi connectivity index (χ1v) is 9.70. The molecular formula is C21H21FN4O4. The molecular weight excluding hydrogens is 391 g/mol. The lowest BCUT2D eigenvalue weighted by atomic mass is 9.92. The van der Waals surface area contributed by atoms with Crippen LogP contribution in [-0.4, -0.2) is 58.0 Å². The molecule has 0 spiro atoms. The van der Waals surface area contributed by atoms with Crippen molar-refractivity contribution in [2.24, 2.45) is 0 Å². The molecule has 4 rings (SSSR count). The summed E-state index contributed by atoms with van der Waals surface area (Å²) < 4.78 is 13.2. The molecule has 8 nitrogen and oxygen atoms in total. The minimum atomic E-state index is -1.39. The highest BCUT2D eigenvalue weighted by molar-refractivity contribution is 6.11. The highest BCUT2D eigenvalue weighted by atomic mass is 19.1. The van der Waals surface area contributed by atoms with Crippen molar-refractivity contribution in [3.05, 3.63) is 59.2 Å². The molecule has 4 amide bonds. The molecule has 2 aromatic rings. The number of aromatic amines is 1. The molecule has 3 heterocycles. The maximum absolute atomic E-state index is 13.2. The summed E-state index contributed by atoms with van der Waals surface area (Å²) >= 11 is 0. The predicted molar refractivity (Wildman–Crippen MR) is 104 cm³/mol. The Morgan fingerprint density at radius 2 is 1.80 bits per heavy atom. The first-order valence-electron chi connectivity index (χ1n) is 9.70. The van der Waals surface area contributed by atoms with Crippen LogP contribution in [0, 0.1) is 5.82 Å². The Bertz CT molecular complexity index is 1030. The summed E-state index contributed by atoms with van der Waals surface area (Å²) in [6.07, 6.45) is 3.32. The fourth-order valence-corrected chi connectivity index (χ4v) is 3.82. The molecule has 1 aromatic carbocycles. The van der Waals surface area contributed by atoms with E-state index in [2.05, 4.69) is 10.3 Å². The number of halogens is 1. The average molecular weight is 412 g/mol. The lowest BCUT2D eigenvalue weighted by Crippen LogP contribution is -2.41. The van der Waals surface area contributed by atoms with Crippen LogP contribution in [0.15, 0.2) is 36.5 Å². The molecule has 2 aliphatic rings. The lowest BCUT2D eigenvalue weighted by molar-refractivity contribution is -0.130. The highest BCUT2D eigenvalue weighted by Crippen LogP contribution is 2.29. The number of benzene rings is 1. The third-order valence-electron chi connectivity index (χ3n) is 5.63. The standard InChI is InChI=1S/C21H21FN4O4/c1-21(14-4-6-15(22)7-5-14)19(29)26(20(30)24-21)12-17(27)13-10-16(23-11-13)18(28)25-8-2-3-9-25/h4-7,10-11,23H,2-3,8-9,12H2,1H3,(H,24,30). The van der Waals surface area contributed by atoms with Crippen LogP contribution in [0.1, 0.15) is 46.2 Å². The first-order chi connectivity index (χ1) is 14.3. The van der Waals surface area contributed by atoms with Crippen molar-refractivity contribution in [1.29, 1.82) is 0 Å². The van der Waals surface area contributed by atoms with Crippen LogP contribution in [0.3, 0.4) is 0 Å². The molecule has 0 bridgehead atoms. The van der Waals surface area contributed by atoms with Gasteiger partial charge >= 0.3 is 6.03 Å². The summed E-state index contributed by atoms with van der Waals surface area (Å²) in [5, 5.41) is 2.58. The molecule has 30 heavy (non-hydrogen) atoms. The molecule has 2 N–H and O–H groups in total. The number of imide groups is 1. The highest BCUT2D eigenvalue weighted by Gasteiger charge is 2.49. The van der Waals surface area contributed by atoms with Crippen LogP contribution >= 0.6 is 0 Å². The number of amides is 4. The predicted octanol–water partition coefficient (Wildman–Crippen LogP) is 2.04. The summed E-state index contributed by atoms with van der Waals surface area (Å²) in [5.41, 5.74) is -0.459. The molecule has 2 saturated heterocycles. The van der Waals surface area contributed by atoms with E-state index < -0.39 is 35.6 Å². The van der Waals surface area contributed by atoms with E-state index in [4.69, 9.17) is 0 Å². The Kier molecular flexibility index (Phi) is 4.89.